The van der Waals surface area contributed by atoms with Gasteiger partial charge in [-0.25, -0.2) is 0 Å². The smallest absolute Gasteiger partial charge is 0.261 e. The van der Waals surface area contributed by atoms with Crippen molar-refractivity contribution in [2.24, 2.45) is 0 Å². The summed E-state index contributed by atoms with van der Waals surface area (Å²) in [5.74, 6) is 1.21. The van der Waals surface area contributed by atoms with E-state index in [1.807, 2.05) is 44.2 Å². The van der Waals surface area contributed by atoms with E-state index in [9.17, 15) is 9.59 Å². The maximum atomic E-state index is 13.0. The van der Waals surface area contributed by atoms with Crippen LogP contribution in [0.3, 0.4) is 0 Å². The van der Waals surface area contributed by atoms with Crippen LogP contribution in [0.5, 0.6) is 17.2 Å². The van der Waals surface area contributed by atoms with Crippen LogP contribution in [0.4, 0.5) is 0 Å². The number of benzene rings is 2. The van der Waals surface area contributed by atoms with Gasteiger partial charge in [0.2, 0.25) is 5.91 Å². The predicted molar refractivity (Wildman–Crippen MR) is 115 cm³/mol. The van der Waals surface area contributed by atoms with Gasteiger partial charge >= 0.3 is 0 Å². The Bertz CT molecular complexity index is 836. The molecule has 0 saturated carbocycles. The average molecular weight is 415 g/mol. The van der Waals surface area contributed by atoms with Crippen molar-refractivity contribution in [3.63, 3.8) is 0 Å². The molecule has 0 spiro atoms. The molecule has 0 aromatic heterocycles. The minimum Gasteiger partial charge on any atom is -0.497 e. The summed E-state index contributed by atoms with van der Waals surface area (Å²) in [6, 6.07) is 13.8. The van der Waals surface area contributed by atoms with Gasteiger partial charge in [0.15, 0.2) is 18.1 Å². The second-order valence-electron chi connectivity index (χ2n) is 7.15. The molecule has 7 nitrogen and oxygen atoms in total. The first-order chi connectivity index (χ1) is 14.3. The van der Waals surface area contributed by atoms with Crippen LogP contribution in [0.1, 0.15) is 26.3 Å². The van der Waals surface area contributed by atoms with Crippen LogP contribution in [0, 0.1) is 0 Å². The Morgan fingerprint density at radius 3 is 2.13 bits per heavy atom. The summed E-state index contributed by atoms with van der Waals surface area (Å²) >= 11 is 0. The van der Waals surface area contributed by atoms with Crippen LogP contribution in [-0.2, 0) is 16.1 Å². The summed E-state index contributed by atoms with van der Waals surface area (Å²) in [5.41, 5.74) is 0.880. The second kappa shape index (κ2) is 11.1. The molecule has 2 amide bonds. The normalized spacial score (nSPS) is 11.5. The summed E-state index contributed by atoms with van der Waals surface area (Å²) in [6.07, 6.45) is 0. The molecule has 0 fully saturated rings. The highest BCUT2D eigenvalue weighted by molar-refractivity contribution is 5.88. The largest absolute Gasteiger partial charge is 0.497 e. The van der Waals surface area contributed by atoms with Crippen molar-refractivity contribution >= 4 is 11.8 Å². The van der Waals surface area contributed by atoms with Crippen LogP contribution < -0.4 is 19.5 Å². The molecule has 2 aromatic rings. The lowest BCUT2D eigenvalue weighted by Crippen LogP contribution is -2.50. The zero-order valence-corrected chi connectivity index (χ0v) is 18.2. The molecule has 162 valence electrons. The zero-order chi connectivity index (χ0) is 22.1. The SMILES string of the molecule is COc1ccc(CN(C(=O)COc2ccccc2OC)[C@H](C)C(=O)NC(C)C)cc1. The highest BCUT2D eigenvalue weighted by Gasteiger charge is 2.27. The van der Waals surface area contributed by atoms with Gasteiger partial charge < -0.3 is 24.4 Å². The first-order valence-corrected chi connectivity index (χ1v) is 9.84. The Balaban J connectivity index is 2.17. The third-order valence-corrected chi connectivity index (χ3v) is 4.53. The molecular weight excluding hydrogens is 384 g/mol. The molecule has 1 atom stereocenters. The molecule has 7 heteroatoms. The number of rotatable bonds is 10. The maximum Gasteiger partial charge on any atom is 0.261 e. The van der Waals surface area contributed by atoms with E-state index in [4.69, 9.17) is 14.2 Å². The highest BCUT2D eigenvalue weighted by atomic mass is 16.5. The van der Waals surface area contributed by atoms with E-state index in [2.05, 4.69) is 5.32 Å². The fourth-order valence-electron chi connectivity index (χ4n) is 2.88. The van der Waals surface area contributed by atoms with E-state index in [1.165, 1.54) is 4.90 Å². The number of para-hydroxylation sites is 2. The molecule has 2 aromatic carbocycles. The Morgan fingerprint density at radius 1 is 0.933 bits per heavy atom. The van der Waals surface area contributed by atoms with Gasteiger partial charge in [0.1, 0.15) is 11.8 Å². The number of nitrogens with zero attached hydrogens (tertiary/aromatic N) is 1. The number of hydrogen-bond donors (Lipinski definition) is 1. The minimum absolute atomic E-state index is 0.0253. The van der Waals surface area contributed by atoms with Crippen molar-refractivity contribution in [3.05, 3.63) is 54.1 Å². The van der Waals surface area contributed by atoms with Crippen molar-refractivity contribution < 1.29 is 23.8 Å². The topological polar surface area (TPSA) is 77.1 Å². The van der Waals surface area contributed by atoms with Crippen LogP contribution >= 0.6 is 0 Å². The van der Waals surface area contributed by atoms with E-state index in [0.717, 1.165) is 11.3 Å². The molecule has 1 N–H and O–H groups in total. The first-order valence-electron chi connectivity index (χ1n) is 9.84. The van der Waals surface area contributed by atoms with Gasteiger partial charge in [0.05, 0.1) is 14.2 Å². The number of methoxy groups -OCH3 is 2. The van der Waals surface area contributed by atoms with E-state index in [-0.39, 0.29) is 31.0 Å². The molecule has 0 radical (unpaired) electrons. The van der Waals surface area contributed by atoms with Gasteiger partial charge in [-0.05, 0) is 50.6 Å². The zero-order valence-electron chi connectivity index (χ0n) is 18.2. The Labute approximate surface area is 177 Å². The van der Waals surface area contributed by atoms with Crippen molar-refractivity contribution in [2.75, 3.05) is 20.8 Å². The Morgan fingerprint density at radius 2 is 1.57 bits per heavy atom. The monoisotopic (exact) mass is 414 g/mol. The maximum absolute atomic E-state index is 13.0. The summed E-state index contributed by atoms with van der Waals surface area (Å²) < 4.78 is 16.1. The Hall–Kier alpha value is -3.22. The van der Waals surface area contributed by atoms with Gasteiger partial charge in [0, 0.05) is 12.6 Å². The molecule has 0 aliphatic carbocycles. The average Bonchev–Trinajstić information content (AvgIpc) is 2.75. The molecule has 0 unspecified atom stereocenters. The second-order valence-corrected chi connectivity index (χ2v) is 7.15. The molecule has 0 saturated heterocycles. The van der Waals surface area contributed by atoms with Gasteiger partial charge in [-0.2, -0.15) is 0 Å². The number of amides is 2. The predicted octanol–water partition coefficient (Wildman–Crippen LogP) is 3.02. The highest BCUT2D eigenvalue weighted by Crippen LogP contribution is 2.26. The summed E-state index contributed by atoms with van der Waals surface area (Å²) in [4.78, 5) is 27.1. The molecule has 0 aliphatic rings. The summed E-state index contributed by atoms with van der Waals surface area (Å²) in [6.45, 7) is 5.53. The van der Waals surface area contributed by atoms with Crippen LogP contribution in [0.25, 0.3) is 0 Å². The number of carbonyl (C=O) groups is 2. The van der Waals surface area contributed by atoms with Gasteiger partial charge in [-0.15, -0.1) is 0 Å². The van der Waals surface area contributed by atoms with Crippen molar-refractivity contribution in [2.45, 2.75) is 39.4 Å². The van der Waals surface area contributed by atoms with Gasteiger partial charge in [-0.3, -0.25) is 9.59 Å². The molecule has 0 aliphatic heterocycles. The van der Waals surface area contributed by atoms with E-state index in [0.29, 0.717) is 11.5 Å². The fourth-order valence-corrected chi connectivity index (χ4v) is 2.88. The van der Waals surface area contributed by atoms with E-state index in [1.54, 1.807) is 39.3 Å². The standard InChI is InChI=1S/C23H30N2O5/c1-16(2)24-23(27)17(3)25(14-18-10-12-19(28-4)13-11-18)22(26)15-30-21-9-7-6-8-20(21)29-5/h6-13,16-17H,14-15H2,1-5H3,(H,24,27)/t17-/m1/s1. The molecule has 30 heavy (non-hydrogen) atoms. The molecule has 0 heterocycles. The van der Waals surface area contributed by atoms with Crippen molar-refractivity contribution in [3.8, 4) is 17.2 Å². The quantitative estimate of drug-likeness (QED) is 0.647. The number of carbonyl (C=O) groups excluding carboxylic acids is 2. The Kier molecular flexibility index (Phi) is 8.53. The molecule has 0 bridgehead atoms. The summed E-state index contributed by atoms with van der Waals surface area (Å²) in [7, 11) is 3.14. The fraction of sp³-hybridized carbons (Fsp3) is 0.391. The van der Waals surface area contributed by atoms with E-state index < -0.39 is 6.04 Å². The van der Waals surface area contributed by atoms with E-state index >= 15 is 0 Å². The van der Waals surface area contributed by atoms with Gasteiger partial charge in [0.25, 0.3) is 5.91 Å². The lowest BCUT2D eigenvalue weighted by molar-refractivity contribution is -0.142. The third kappa shape index (κ3) is 6.40. The van der Waals surface area contributed by atoms with Crippen LogP contribution in [0.15, 0.2) is 48.5 Å². The van der Waals surface area contributed by atoms with Crippen molar-refractivity contribution in [1.82, 2.24) is 10.2 Å². The molecule has 2 rings (SSSR count). The third-order valence-electron chi connectivity index (χ3n) is 4.53. The molecular formula is C23H30N2O5. The first kappa shape index (κ1) is 23.1. The van der Waals surface area contributed by atoms with Crippen LogP contribution in [0.2, 0.25) is 0 Å². The minimum atomic E-state index is -0.664. The summed E-state index contributed by atoms with van der Waals surface area (Å²) in [5, 5.41) is 2.86. The van der Waals surface area contributed by atoms with Crippen molar-refractivity contribution in [1.29, 1.82) is 0 Å². The number of hydrogen-bond acceptors (Lipinski definition) is 5. The number of ether oxygens (including phenoxy) is 3. The number of nitrogens with one attached hydrogen (secondary N) is 1. The lowest BCUT2D eigenvalue weighted by Gasteiger charge is -2.29. The van der Waals surface area contributed by atoms with Gasteiger partial charge in [-0.1, -0.05) is 24.3 Å². The lowest BCUT2D eigenvalue weighted by atomic mass is 10.1. The van der Waals surface area contributed by atoms with Crippen LogP contribution in [-0.4, -0.2) is 49.6 Å².